The van der Waals surface area contributed by atoms with Gasteiger partial charge in [-0.15, -0.1) is 0 Å². The number of nitrogens with one attached hydrogen (secondary N) is 1. The first kappa shape index (κ1) is 16.5. The van der Waals surface area contributed by atoms with E-state index in [-0.39, 0.29) is 6.54 Å². The molecule has 7 heteroatoms. The molecule has 0 fully saturated rings. The minimum absolute atomic E-state index is 0.152. The summed E-state index contributed by atoms with van der Waals surface area (Å²) in [5.74, 6) is -1.29. The van der Waals surface area contributed by atoms with Crippen LogP contribution in [-0.4, -0.2) is 21.5 Å². The van der Waals surface area contributed by atoms with Crippen LogP contribution in [0.5, 0.6) is 0 Å². The minimum atomic E-state index is -0.690. The van der Waals surface area contributed by atoms with Gasteiger partial charge in [-0.25, -0.2) is 0 Å². The van der Waals surface area contributed by atoms with E-state index in [9.17, 15) is 9.59 Å². The highest BCUT2D eigenvalue weighted by Crippen LogP contribution is 2.20. The van der Waals surface area contributed by atoms with E-state index in [1.165, 1.54) is 0 Å². The predicted octanol–water partition coefficient (Wildman–Crippen LogP) is 2.84. The molecule has 0 unspecified atom stereocenters. The van der Waals surface area contributed by atoms with E-state index in [1.807, 2.05) is 0 Å². The number of Topliss-reactive ketones (excluding diaryl/α,β-unsaturated/α-hetero) is 1. The van der Waals surface area contributed by atoms with Gasteiger partial charge < -0.3 is 5.32 Å². The Morgan fingerprint density at radius 3 is 2.50 bits per heavy atom. The van der Waals surface area contributed by atoms with Crippen molar-refractivity contribution in [3.8, 4) is 0 Å². The molecule has 0 saturated carbocycles. The Bertz CT molecular complexity index is 753. The Kier molecular flexibility index (Phi) is 4.88. The molecule has 0 spiro atoms. The van der Waals surface area contributed by atoms with E-state index in [0.717, 1.165) is 0 Å². The summed E-state index contributed by atoms with van der Waals surface area (Å²) < 4.78 is 1.58. The number of ketones is 1. The van der Waals surface area contributed by atoms with Crippen molar-refractivity contribution in [1.82, 2.24) is 15.1 Å². The van der Waals surface area contributed by atoms with Gasteiger partial charge in [-0.1, -0.05) is 29.3 Å². The molecule has 0 atom stereocenters. The van der Waals surface area contributed by atoms with Crippen LogP contribution in [0.2, 0.25) is 10.0 Å². The van der Waals surface area contributed by atoms with E-state index < -0.39 is 11.7 Å². The Labute approximate surface area is 138 Å². The van der Waals surface area contributed by atoms with Gasteiger partial charge in [0.15, 0.2) is 0 Å². The highest BCUT2D eigenvalue weighted by molar-refractivity contribution is 6.43. The highest BCUT2D eigenvalue weighted by atomic mass is 35.5. The maximum atomic E-state index is 12.2. The molecular weight excluding hydrogens is 325 g/mol. The molecule has 116 valence electrons. The van der Waals surface area contributed by atoms with Crippen molar-refractivity contribution in [2.75, 3.05) is 0 Å². The summed E-state index contributed by atoms with van der Waals surface area (Å²) in [6, 6.07) is 4.96. The van der Waals surface area contributed by atoms with Gasteiger partial charge >= 0.3 is 0 Å². The standard InChI is InChI=1S/C15H15Cl2N3O2/c1-8-13(9(2)20(3)19-8)14(21)15(22)18-7-10-4-5-11(16)6-12(10)17/h4-6H,7H2,1-3H3,(H,18,22). The first-order valence-corrected chi connectivity index (χ1v) is 7.33. The normalized spacial score (nSPS) is 10.6. The van der Waals surface area contributed by atoms with Crippen LogP contribution in [-0.2, 0) is 18.4 Å². The second-order valence-electron chi connectivity index (χ2n) is 4.92. The molecule has 1 aromatic heterocycles. The number of aryl methyl sites for hydroxylation is 2. The van der Waals surface area contributed by atoms with Crippen LogP contribution in [0.15, 0.2) is 18.2 Å². The molecule has 1 amide bonds. The van der Waals surface area contributed by atoms with Gasteiger partial charge in [-0.2, -0.15) is 5.10 Å². The fourth-order valence-corrected chi connectivity index (χ4v) is 2.61. The topological polar surface area (TPSA) is 64.0 Å². The number of nitrogens with zero attached hydrogens (tertiary/aromatic N) is 2. The van der Waals surface area contributed by atoms with Crippen LogP contribution in [0.1, 0.15) is 27.3 Å². The molecule has 0 bridgehead atoms. The maximum Gasteiger partial charge on any atom is 0.292 e. The van der Waals surface area contributed by atoms with E-state index in [1.54, 1.807) is 43.8 Å². The van der Waals surface area contributed by atoms with Gasteiger partial charge in [0.05, 0.1) is 11.3 Å². The van der Waals surface area contributed by atoms with Gasteiger partial charge in [0.2, 0.25) is 0 Å². The number of aromatic nitrogens is 2. The Hall–Kier alpha value is -1.85. The molecule has 2 rings (SSSR count). The SMILES string of the molecule is Cc1nn(C)c(C)c1C(=O)C(=O)NCc1ccc(Cl)cc1Cl. The molecule has 22 heavy (non-hydrogen) atoms. The molecule has 0 aliphatic rings. The van der Waals surface area contributed by atoms with E-state index >= 15 is 0 Å². The summed E-state index contributed by atoms with van der Waals surface area (Å²) in [5.41, 5.74) is 2.21. The third kappa shape index (κ3) is 3.31. The van der Waals surface area contributed by atoms with E-state index in [4.69, 9.17) is 23.2 Å². The van der Waals surface area contributed by atoms with E-state index in [2.05, 4.69) is 10.4 Å². The summed E-state index contributed by atoms with van der Waals surface area (Å²) in [5, 5.41) is 7.66. The van der Waals surface area contributed by atoms with Crippen molar-refractivity contribution in [2.45, 2.75) is 20.4 Å². The lowest BCUT2D eigenvalue weighted by Crippen LogP contribution is -2.31. The second-order valence-corrected chi connectivity index (χ2v) is 5.76. The highest BCUT2D eigenvalue weighted by Gasteiger charge is 2.23. The first-order chi connectivity index (χ1) is 10.3. The summed E-state index contributed by atoms with van der Waals surface area (Å²) in [7, 11) is 1.73. The van der Waals surface area contributed by atoms with Crippen LogP contribution in [0.3, 0.4) is 0 Å². The van der Waals surface area contributed by atoms with E-state index in [0.29, 0.717) is 32.6 Å². The zero-order valence-corrected chi connectivity index (χ0v) is 13.9. The summed E-state index contributed by atoms with van der Waals surface area (Å²) in [6.45, 7) is 3.60. The molecule has 5 nitrogen and oxygen atoms in total. The third-order valence-electron chi connectivity index (χ3n) is 3.40. The number of rotatable bonds is 4. The van der Waals surface area contributed by atoms with Gasteiger partial charge in [0.1, 0.15) is 0 Å². The quantitative estimate of drug-likeness (QED) is 0.688. The first-order valence-electron chi connectivity index (χ1n) is 6.58. The smallest absolute Gasteiger partial charge is 0.292 e. The number of benzene rings is 1. The Morgan fingerprint density at radius 1 is 1.27 bits per heavy atom. The lowest BCUT2D eigenvalue weighted by molar-refractivity contribution is -0.117. The average molecular weight is 340 g/mol. The van der Waals surface area contributed by atoms with Gasteiger partial charge in [0.25, 0.3) is 11.7 Å². The number of hydrogen-bond acceptors (Lipinski definition) is 3. The molecule has 0 aliphatic heterocycles. The van der Waals surface area contributed by atoms with Crippen LogP contribution < -0.4 is 5.32 Å². The largest absolute Gasteiger partial charge is 0.345 e. The molecular formula is C15H15Cl2N3O2. The average Bonchev–Trinajstić information content (AvgIpc) is 2.70. The third-order valence-corrected chi connectivity index (χ3v) is 3.98. The number of hydrogen-bond donors (Lipinski definition) is 1. The molecule has 0 radical (unpaired) electrons. The fourth-order valence-electron chi connectivity index (χ4n) is 2.14. The number of halogens is 2. The van der Waals surface area contributed by atoms with Crippen LogP contribution >= 0.6 is 23.2 Å². The van der Waals surface area contributed by atoms with Crippen molar-refractivity contribution in [2.24, 2.45) is 7.05 Å². The van der Waals surface area contributed by atoms with Crippen LogP contribution in [0.4, 0.5) is 0 Å². The van der Waals surface area contributed by atoms with Crippen molar-refractivity contribution in [1.29, 1.82) is 0 Å². The maximum absolute atomic E-state index is 12.2. The lowest BCUT2D eigenvalue weighted by atomic mass is 10.1. The number of carbonyl (C=O) groups is 2. The molecule has 0 aliphatic carbocycles. The van der Waals surface area contributed by atoms with Gasteiger partial charge in [-0.05, 0) is 31.5 Å². The molecule has 2 aromatic rings. The number of amides is 1. The molecule has 1 N–H and O–H groups in total. The van der Waals surface area contributed by atoms with Crippen molar-refractivity contribution in [3.05, 3.63) is 50.8 Å². The van der Waals surface area contributed by atoms with Crippen LogP contribution in [0, 0.1) is 13.8 Å². The number of carbonyl (C=O) groups excluding carboxylic acids is 2. The summed E-state index contributed by atoms with van der Waals surface area (Å²) in [4.78, 5) is 24.3. The van der Waals surface area contributed by atoms with Gasteiger partial charge in [0, 0.05) is 29.3 Å². The Balaban J connectivity index is 2.10. The zero-order chi connectivity index (χ0) is 16.4. The molecule has 0 saturated heterocycles. The van der Waals surface area contributed by atoms with Crippen molar-refractivity contribution >= 4 is 34.9 Å². The monoisotopic (exact) mass is 339 g/mol. The Morgan fingerprint density at radius 2 is 1.95 bits per heavy atom. The molecule has 1 heterocycles. The van der Waals surface area contributed by atoms with Crippen LogP contribution in [0.25, 0.3) is 0 Å². The van der Waals surface area contributed by atoms with Gasteiger partial charge in [-0.3, -0.25) is 14.3 Å². The summed E-state index contributed by atoms with van der Waals surface area (Å²) in [6.07, 6.45) is 0. The summed E-state index contributed by atoms with van der Waals surface area (Å²) >= 11 is 11.8. The molecule has 1 aromatic carbocycles. The lowest BCUT2D eigenvalue weighted by Gasteiger charge is -2.07. The zero-order valence-electron chi connectivity index (χ0n) is 12.4. The minimum Gasteiger partial charge on any atom is -0.345 e. The predicted molar refractivity (Wildman–Crippen MR) is 85.3 cm³/mol. The van der Waals surface area contributed by atoms with Crippen molar-refractivity contribution < 1.29 is 9.59 Å². The fraction of sp³-hybridized carbons (Fsp3) is 0.267. The van der Waals surface area contributed by atoms with Crippen molar-refractivity contribution in [3.63, 3.8) is 0 Å². The second kappa shape index (κ2) is 6.50.